The Hall–Kier alpha value is -2.80. The fraction of sp³-hybridized carbons (Fsp3) is 0.167. The van der Waals surface area contributed by atoms with E-state index in [1.165, 1.54) is 29.2 Å². The van der Waals surface area contributed by atoms with Crippen LogP contribution in [0.1, 0.15) is 18.2 Å². The first-order valence-corrected chi connectivity index (χ1v) is 8.24. The van der Waals surface area contributed by atoms with Crippen molar-refractivity contribution in [2.24, 2.45) is 0 Å². The number of carbonyl (C=O) groups is 1. The Balaban J connectivity index is 1.58. The first-order valence-electron chi connectivity index (χ1n) is 7.86. The molecule has 26 heavy (non-hydrogen) atoms. The van der Waals surface area contributed by atoms with Gasteiger partial charge in [0.25, 0.3) is 5.89 Å². The van der Waals surface area contributed by atoms with Gasteiger partial charge in [0.05, 0.1) is 5.69 Å². The van der Waals surface area contributed by atoms with Crippen LogP contribution in [0.2, 0.25) is 5.02 Å². The maximum atomic E-state index is 14.1. The molecule has 5 nitrogen and oxygen atoms in total. The molecule has 2 aromatic carbocycles. The van der Waals surface area contributed by atoms with Gasteiger partial charge in [-0.25, -0.2) is 8.78 Å². The Morgan fingerprint density at radius 1 is 1.19 bits per heavy atom. The van der Waals surface area contributed by atoms with Crippen LogP contribution >= 0.6 is 11.6 Å². The van der Waals surface area contributed by atoms with Gasteiger partial charge in [0, 0.05) is 29.5 Å². The summed E-state index contributed by atoms with van der Waals surface area (Å²) >= 11 is 5.75. The van der Waals surface area contributed by atoms with Crippen molar-refractivity contribution in [1.29, 1.82) is 0 Å². The molecule has 0 radical (unpaired) electrons. The quantitative estimate of drug-likeness (QED) is 0.688. The van der Waals surface area contributed by atoms with Gasteiger partial charge in [0.15, 0.2) is 5.82 Å². The number of hydrogen-bond acceptors (Lipinski definition) is 4. The van der Waals surface area contributed by atoms with Gasteiger partial charge in [-0.2, -0.15) is 4.98 Å². The van der Waals surface area contributed by atoms with E-state index < -0.39 is 11.6 Å². The standard InChI is InChI=1S/C18H12ClF2N3O2/c19-12-4-5-15(14(21)8-12)24-9-11(7-16(24)25)17-22-18(26-23-17)10-2-1-3-13(20)6-10/h1-6,8,11H,7,9H2. The third kappa shape index (κ3) is 3.06. The van der Waals surface area contributed by atoms with Crippen LogP contribution in [0.25, 0.3) is 11.5 Å². The van der Waals surface area contributed by atoms with Crippen molar-refractivity contribution in [3.05, 3.63) is 64.9 Å². The molecule has 1 aromatic heterocycles. The number of amides is 1. The molecular weight excluding hydrogens is 364 g/mol. The summed E-state index contributed by atoms with van der Waals surface area (Å²) in [6, 6.07) is 9.94. The Labute approximate surface area is 152 Å². The van der Waals surface area contributed by atoms with Gasteiger partial charge in [-0.3, -0.25) is 4.79 Å². The number of aromatic nitrogens is 2. The molecule has 132 valence electrons. The van der Waals surface area contributed by atoms with Gasteiger partial charge >= 0.3 is 0 Å². The van der Waals surface area contributed by atoms with Crippen molar-refractivity contribution in [2.75, 3.05) is 11.4 Å². The highest BCUT2D eigenvalue weighted by molar-refractivity contribution is 6.30. The number of anilines is 1. The normalized spacial score (nSPS) is 17.1. The molecule has 1 amide bonds. The summed E-state index contributed by atoms with van der Waals surface area (Å²) in [5.74, 6) is -1.07. The molecule has 1 aliphatic rings. The molecule has 0 spiro atoms. The molecule has 0 saturated carbocycles. The highest BCUT2D eigenvalue weighted by Gasteiger charge is 2.35. The molecule has 0 N–H and O–H groups in total. The van der Waals surface area contributed by atoms with Crippen molar-refractivity contribution >= 4 is 23.2 Å². The van der Waals surface area contributed by atoms with E-state index in [0.29, 0.717) is 11.4 Å². The second-order valence-corrected chi connectivity index (χ2v) is 6.41. The van der Waals surface area contributed by atoms with Crippen molar-refractivity contribution in [1.82, 2.24) is 10.1 Å². The van der Waals surface area contributed by atoms with E-state index in [9.17, 15) is 13.6 Å². The van der Waals surface area contributed by atoms with Crippen molar-refractivity contribution in [2.45, 2.75) is 12.3 Å². The predicted molar refractivity (Wildman–Crippen MR) is 90.8 cm³/mol. The minimum atomic E-state index is -0.569. The molecule has 8 heteroatoms. The number of nitrogens with zero attached hydrogens (tertiary/aromatic N) is 3. The second-order valence-electron chi connectivity index (χ2n) is 5.97. The summed E-state index contributed by atoms with van der Waals surface area (Å²) in [6.07, 6.45) is 0.129. The van der Waals surface area contributed by atoms with Gasteiger partial charge in [-0.1, -0.05) is 22.8 Å². The molecule has 1 atom stereocenters. The summed E-state index contributed by atoms with van der Waals surface area (Å²) in [5.41, 5.74) is 0.615. The summed E-state index contributed by atoms with van der Waals surface area (Å²) in [6.45, 7) is 0.222. The van der Waals surface area contributed by atoms with Crippen LogP contribution in [-0.2, 0) is 4.79 Å². The highest BCUT2D eigenvalue weighted by atomic mass is 35.5. The average molecular weight is 376 g/mol. The van der Waals surface area contributed by atoms with Crippen LogP contribution in [0.3, 0.4) is 0 Å². The van der Waals surface area contributed by atoms with Crippen LogP contribution in [0.4, 0.5) is 14.5 Å². The SMILES string of the molecule is O=C1CC(c2noc(-c3cccc(F)c3)n2)CN1c1ccc(Cl)cc1F. The Morgan fingerprint density at radius 2 is 2.04 bits per heavy atom. The molecular formula is C18H12ClF2N3O2. The van der Waals surface area contributed by atoms with E-state index in [0.717, 1.165) is 6.07 Å². The fourth-order valence-electron chi connectivity index (χ4n) is 2.95. The van der Waals surface area contributed by atoms with Crippen LogP contribution in [0, 0.1) is 11.6 Å². The molecule has 0 bridgehead atoms. The average Bonchev–Trinajstić information content (AvgIpc) is 3.22. The second kappa shape index (κ2) is 6.49. The monoisotopic (exact) mass is 375 g/mol. The van der Waals surface area contributed by atoms with Crippen molar-refractivity contribution in [3.63, 3.8) is 0 Å². The Morgan fingerprint density at radius 3 is 2.81 bits per heavy atom. The maximum Gasteiger partial charge on any atom is 0.258 e. The molecule has 1 aliphatic heterocycles. The number of halogens is 3. The lowest BCUT2D eigenvalue weighted by molar-refractivity contribution is -0.117. The van der Waals surface area contributed by atoms with E-state index >= 15 is 0 Å². The third-order valence-corrected chi connectivity index (χ3v) is 4.44. The third-order valence-electron chi connectivity index (χ3n) is 4.20. The van der Waals surface area contributed by atoms with Crippen LogP contribution in [-0.4, -0.2) is 22.6 Å². The first kappa shape index (κ1) is 16.7. The van der Waals surface area contributed by atoms with Gasteiger partial charge < -0.3 is 9.42 Å². The summed E-state index contributed by atoms with van der Waals surface area (Å²) in [5, 5.41) is 4.16. The van der Waals surface area contributed by atoms with Crippen LogP contribution < -0.4 is 4.90 Å². The van der Waals surface area contributed by atoms with Crippen molar-refractivity contribution in [3.8, 4) is 11.5 Å². The Bertz CT molecular complexity index is 992. The molecule has 1 saturated heterocycles. The summed E-state index contributed by atoms with van der Waals surface area (Å²) in [7, 11) is 0. The number of carbonyl (C=O) groups excluding carboxylic acids is 1. The van der Waals surface area contributed by atoms with Crippen LogP contribution in [0.15, 0.2) is 47.0 Å². The van der Waals surface area contributed by atoms with E-state index in [4.69, 9.17) is 16.1 Å². The number of rotatable bonds is 3. The largest absolute Gasteiger partial charge is 0.334 e. The zero-order chi connectivity index (χ0) is 18.3. The van der Waals surface area contributed by atoms with Crippen molar-refractivity contribution < 1.29 is 18.1 Å². The Kier molecular flexibility index (Phi) is 4.16. The fourth-order valence-corrected chi connectivity index (χ4v) is 3.11. The van der Waals surface area contributed by atoms with E-state index in [2.05, 4.69) is 10.1 Å². The predicted octanol–water partition coefficient (Wildman–Crippen LogP) is 4.19. The first-order chi connectivity index (χ1) is 12.5. The maximum absolute atomic E-state index is 14.1. The molecule has 1 unspecified atom stereocenters. The lowest BCUT2D eigenvalue weighted by atomic mass is 10.1. The molecule has 1 fully saturated rings. The minimum Gasteiger partial charge on any atom is -0.334 e. The summed E-state index contributed by atoms with van der Waals surface area (Å²) < 4.78 is 32.6. The van der Waals surface area contributed by atoms with Gasteiger partial charge in [-0.15, -0.1) is 0 Å². The lowest BCUT2D eigenvalue weighted by Gasteiger charge is -2.17. The molecule has 4 rings (SSSR count). The van der Waals surface area contributed by atoms with E-state index in [1.54, 1.807) is 12.1 Å². The lowest BCUT2D eigenvalue weighted by Crippen LogP contribution is -2.25. The molecule has 0 aliphatic carbocycles. The zero-order valence-corrected chi connectivity index (χ0v) is 14.1. The topological polar surface area (TPSA) is 59.2 Å². The van der Waals surface area contributed by atoms with Gasteiger partial charge in [0.1, 0.15) is 11.6 Å². The number of benzene rings is 2. The smallest absolute Gasteiger partial charge is 0.258 e. The van der Waals surface area contributed by atoms with Gasteiger partial charge in [-0.05, 0) is 36.4 Å². The van der Waals surface area contributed by atoms with E-state index in [1.807, 2.05) is 0 Å². The summed E-state index contributed by atoms with van der Waals surface area (Å²) in [4.78, 5) is 17.9. The molecule has 3 aromatic rings. The zero-order valence-electron chi connectivity index (χ0n) is 13.3. The minimum absolute atomic E-state index is 0.129. The van der Waals surface area contributed by atoms with Gasteiger partial charge in [0.2, 0.25) is 5.91 Å². The van der Waals surface area contributed by atoms with E-state index in [-0.39, 0.29) is 41.4 Å². The van der Waals surface area contributed by atoms with Crippen LogP contribution in [0.5, 0.6) is 0 Å². The molecule has 2 heterocycles. The highest BCUT2D eigenvalue weighted by Crippen LogP contribution is 2.33. The number of hydrogen-bond donors (Lipinski definition) is 0.